The second-order valence-electron chi connectivity index (χ2n) is 4.41. The SMILES string of the molecule is CC(C)Oc1ccc(CNC[C@@H](C)O)cc1Br. The molecule has 0 bridgehead atoms. The number of rotatable bonds is 6. The van der Waals surface area contributed by atoms with E-state index in [0.29, 0.717) is 6.54 Å². The van der Waals surface area contributed by atoms with Crippen molar-refractivity contribution in [1.29, 1.82) is 0 Å². The molecule has 1 atom stereocenters. The zero-order chi connectivity index (χ0) is 12.8. The fraction of sp³-hybridized carbons (Fsp3) is 0.538. The third kappa shape index (κ3) is 5.52. The Morgan fingerprint density at radius 3 is 2.59 bits per heavy atom. The molecule has 0 saturated carbocycles. The quantitative estimate of drug-likeness (QED) is 0.849. The Kier molecular flexibility index (Phi) is 5.95. The Bertz CT molecular complexity index is 353. The maximum absolute atomic E-state index is 9.14. The number of aliphatic hydroxyl groups excluding tert-OH is 1. The smallest absolute Gasteiger partial charge is 0.133 e. The van der Waals surface area contributed by atoms with E-state index in [0.717, 1.165) is 22.3 Å². The summed E-state index contributed by atoms with van der Waals surface area (Å²) in [5.74, 6) is 0.860. The minimum atomic E-state index is -0.318. The number of nitrogens with one attached hydrogen (secondary N) is 1. The van der Waals surface area contributed by atoms with E-state index in [1.165, 1.54) is 0 Å². The van der Waals surface area contributed by atoms with Crippen molar-refractivity contribution in [2.75, 3.05) is 6.54 Å². The molecular weight excluding hydrogens is 282 g/mol. The molecule has 0 aliphatic heterocycles. The Morgan fingerprint density at radius 2 is 2.06 bits per heavy atom. The van der Waals surface area contributed by atoms with Gasteiger partial charge in [0.15, 0.2) is 0 Å². The number of aliphatic hydroxyl groups is 1. The highest BCUT2D eigenvalue weighted by Crippen LogP contribution is 2.26. The molecule has 0 spiro atoms. The second kappa shape index (κ2) is 6.99. The van der Waals surface area contributed by atoms with E-state index >= 15 is 0 Å². The molecule has 1 rings (SSSR count). The fourth-order valence-electron chi connectivity index (χ4n) is 1.43. The van der Waals surface area contributed by atoms with Crippen LogP contribution in [0, 0.1) is 0 Å². The molecule has 0 radical (unpaired) electrons. The number of hydrogen-bond acceptors (Lipinski definition) is 3. The Balaban J connectivity index is 2.56. The van der Waals surface area contributed by atoms with Crippen LogP contribution >= 0.6 is 15.9 Å². The fourth-order valence-corrected chi connectivity index (χ4v) is 1.95. The summed E-state index contributed by atoms with van der Waals surface area (Å²) in [7, 11) is 0. The van der Waals surface area contributed by atoms with Gasteiger partial charge in [0.1, 0.15) is 5.75 Å². The Morgan fingerprint density at radius 1 is 1.35 bits per heavy atom. The summed E-state index contributed by atoms with van der Waals surface area (Å²) < 4.78 is 6.60. The second-order valence-corrected chi connectivity index (χ2v) is 5.27. The molecule has 1 aromatic carbocycles. The van der Waals surface area contributed by atoms with Gasteiger partial charge >= 0.3 is 0 Å². The normalized spacial score (nSPS) is 12.8. The number of benzene rings is 1. The molecule has 0 unspecified atom stereocenters. The molecule has 1 aromatic rings. The summed E-state index contributed by atoms with van der Waals surface area (Å²) in [6, 6.07) is 6.02. The van der Waals surface area contributed by atoms with E-state index in [-0.39, 0.29) is 12.2 Å². The van der Waals surface area contributed by atoms with Crippen LogP contribution in [0.5, 0.6) is 5.75 Å². The molecule has 0 fully saturated rings. The molecule has 4 heteroatoms. The molecule has 17 heavy (non-hydrogen) atoms. The zero-order valence-electron chi connectivity index (χ0n) is 10.5. The minimum Gasteiger partial charge on any atom is -0.490 e. The molecule has 0 amide bonds. The van der Waals surface area contributed by atoms with Crippen molar-refractivity contribution in [2.24, 2.45) is 0 Å². The van der Waals surface area contributed by atoms with Gasteiger partial charge in [0.25, 0.3) is 0 Å². The van der Waals surface area contributed by atoms with Crippen LogP contribution in [0.15, 0.2) is 22.7 Å². The number of ether oxygens (including phenoxy) is 1. The highest BCUT2D eigenvalue weighted by Gasteiger charge is 2.04. The van der Waals surface area contributed by atoms with Gasteiger partial charge in [-0.15, -0.1) is 0 Å². The molecule has 0 saturated heterocycles. The van der Waals surface area contributed by atoms with Crippen molar-refractivity contribution in [3.8, 4) is 5.75 Å². The molecule has 0 aromatic heterocycles. The van der Waals surface area contributed by atoms with Gasteiger partial charge in [-0.1, -0.05) is 6.07 Å². The summed E-state index contributed by atoms with van der Waals surface area (Å²) in [4.78, 5) is 0. The Labute approximate surface area is 111 Å². The van der Waals surface area contributed by atoms with Crippen LogP contribution in [0.4, 0.5) is 0 Å². The first kappa shape index (κ1) is 14.5. The lowest BCUT2D eigenvalue weighted by Crippen LogP contribution is -2.23. The lowest BCUT2D eigenvalue weighted by molar-refractivity contribution is 0.191. The Hall–Kier alpha value is -0.580. The van der Waals surface area contributed by atoms with Crippen molar-refractivity contribution in [1.82, 2.24) is 5.32 Å². The van der Waals surface area contributed by atoms with Crippen molar-refractivity contribution >= 4 is 15.9 Å². The van der Waals surface area contributed by atoms with Crippen molar-refractivity contribution < 1.29 is 9.84 Å². The zero-order valence-corrected chi connectivity index (χ0v) is 12.1. The minimum absolute atomic E-state index is 0.172. The first-order valence-electron chi connectivity index (χ1n) is 5.83. The third-order valence-electron chi connectivity index (χ3n) is 2.13. The van der Waals surface area contributed by atoms with Gasteiger partial charge < -0.3 is 15.2 Å². The van der Waals surface area contributed by atoms with Crippen LogP contribution in [0.3, 0.4) is 0 Å². The van der Waals surface area contributed by atoms with E-state index in [4.69, 9.17) is 9.84 Å². The number of halogens is 1. The van der Waals surface area contributed by atoms with E-state index in [1.807, 2.05) is 32.0 Å². The highest BCUT2D eigenvalue weighted by molar-refractivity contribution is 9.10. The molecule has 2 N–H and O–H groups in total. The topological polar surface area (TPSA) is 41.5 Å². The lowest BCUT2D eigenvalue weighted by atomic mass is 10.2. The summed E-state index contributed by atoms with van der Waals surface area (Å²) >= 11 is 3.49. The molecular formula is C13H20BrNO2. The largest absolute Gasteiger partial charge is 0.490 e. The first-order chi connectivity index (χ1) is 7.99. The summed E-state index contributed by atoms with van der Waals surface area (Å²) in [5, 5.41) is 12.3. The molecule has 96 valence electrons. The maximum atomic E-state index is 9.14. The monoisotopic (exact) mass is 301 g/mol. The van der Waals surface area contributed by atoms with Gasteiger partial charge in [-0.2, -0.15) is 0 Å². The molecule has 3 nitrogen and oxygen atoms in total. The van der Waals surface area contributed by atoms with E-state index in [9.17, 15) is 0 Å². The van der Waals surface area contributed by atoms with E-state index < -0.39 is 0 Å². The standard InChI is InChI=1S/C13H20BrNO2/c1-9(2)17-13-5-4-11(6-12(13)14)8-15-7-10(3)16/h4-6,9-10,15-16H,7-8H2,1-3H3/t10-/m1/s1. The summed E-state index contributed by atoms with van der Waals surface area (Å²) in [6.45, 7) is 7.12. The summed E-state index contributed by atoms with van der Waals surface area (Å²) in [6.07, 6.45) is -0.146. The van der Waals surface area contributed by atoms with Gasteiger partial charge in [0.2, 0.25) is 0 Å². The van der Waals surface area contributed by atoms with Crippen LogP contribution in [0.2, 0.25) is 0 Å². The van der Waals surface area contributed by atoms with Crippen LogP contribution in [0.1, 0.15) is 26.3 Å². The average molecular weight is 302 g/mol. The van der Waals surface area contributed by atoms with Gasteiger partial charge in [0.05, 0.1) is 16.7 Å². The van der Waals surface area contributed by atoms with Gasteiger partial charge in [-0.3, -0.25) is 0 Å². The summed E-state index contributed by atoms with van der Waals surface area (Å²) in [5.41, 5.74) is 1.16. The maximum Gasteiger partial charge on any atom is 0.133 e. The predicted molar refractivity (Wildman–Crippen MR) is 73.3 cm³/mol. The van der Waals surface area contributed by atoms with Crippen LogP contribution in [-0.4, -0.2) is 23.9 Å². The van der Waals surface area contributed by atoms with E-state index in [2.05, 4.69) is 21.2 Å². The van der Waals surface area contributed by atoms with Crippen molar-refractivity contribution in [3.63, 3.8) is 0 Å². The molecule has 0 aliphatic rings. The highest BCUT2D eigenvalue weighted by atomic mass is 79.9. The van der Waals surface area contributed by atoms with Crippen LogP contribution in [0.25, 0.3) is 0 Å². The van der Waals surface area contributed by atoms with Gasteiger partial charge in [-0.05, 0) is 54.4 Å². The molecule has 0 heterocycles. The number of hydrogen-bond donors (Lipinski definition) is 2. The van der Waals surface area contributed by atoms with Gasteiger partial charge in [-0.25, -0.2) is 0 Å². The van der Waals surface area contributed by atoms with E-state index in [1.54, 1.807) is 6.92 Å². The first-order valence-corrected chi connectivity index (χ1v) is 6.62. The van der Waals surface area contributed by atoms with Crippen LogP contribution < -0.4 is 10.1 Å². The third-order valence-corrected chi connectivity index (χ3v) is 2.75. The van der Waals surface area contributed by atoms with Crippen molar-refractivity contribution in [3.05, 3.63) is 28.2 Å². The predicted octanol–water partition coefficient (Wildman–Crippen LogP) is 2.71. The lowest BCUT2D eigenvalue weighted by Gasteiger charge is -2.13. The van der Waals surface area contributed by atoms with Crippen molar-refractivity contribution in [2.45, 2.75) is 39.5 Å². The molecule has 0 aliphatic carbocycles. The van der Waals surface area contributed by atoms with Gasteiger partial charge in [0, 0.05) is 13.1 Å². The average Bonchev–Trinajstić information content (AvgIpc) is 2.21. The van der Waals surface area contributed by atoms with Crippen LogP contribution in [-0.2, 0) is 6.54 Å².